The second-order valence-electron chi connectivity index (χ2n) is 3.45. The minimum atomic E-state index is -4.58. The van der Waals surface area contributed by atoms with Crippen LogP contribution in [0, 0.1) is 0 Å². The Hall–Kier alpha value is -1.56. The minimum Gasteiger partial charge on any atom is -0.479 e. The van der Waals surface area contributed by atoms with Crippen molar-refractivity contribution in [3.63, 3.8) is 0 Å². The molecule has 1 aromatic rings. The lowest BCUT2D eigenvalue weighted by molar-refractivity contribution is -0.229. The summed E-state index contributed by atoms with van der Waals surface area (Å²) in [5, 5.41) is 8.85. The number of halogens is 3. The van der Waals surface area contributed by atoms with Crippen molar-refractivity contribution in [2.24, 2.45) is 0 Å². The van der Waals surface area contributed by atoms with E-state index in [1.54, 1.807) is 6.07 Å². The molecule has 0 heterocycles. The van der Waals surface area contributed by atoms with Crippen molar-refractivity contribution in [2.75, 3.05) is 0 Å². The maximum atomic E-state index is 12.3. The van der Waals surface area contributed by atoms with Crippen molar-refractivity contribution in [3.8, 4) is 0 Å². The monoisotopic (exact) mass is 248 g/mol. The van der Waals surface area contributed by atoms with Gasteiger partial charge in [0.2, 0.25) is 0 Å². The molecule has 0 spiro atoms. The van der Waals surface area contributed by atoms with Crippen LogP contribution in [0.1, 0.15) is 18.6 Å². The van der Waals surface area contributed by atoms with Crippen molar-refractivity contribution in [3.05, 3.63) is 35.9 Å². The van der Waals surface area contributed by atoms with Crippen molar-refractivity contribution < 1.29 is 27.8 Å². The maximum Gasteiger partial charge on any atom is 0.414 e. The molecular weight excluding hydrogens is 237 g/mol. The minimum absolute atomic E-state index is 0.177. The summed E-state index contributed by atoms with van der Waals surface area (Å²) in [5.74, 6) is -1.45. The van der Waals surface area contributed by atoms with Crippen LogP contribution in [0.5, 0.6) is 0 Å². The predicted molar refractivity (Wildman–Crippen MR) is 53.4 cm³/mol. The van der Waals surface area contributed by atoms with Crippen molar-refractivity contribution in [2.45, 2.75) is 25.3 Å². The molecule has 0 aliphatic carbocycles. The van der Waals surface area contributed by atoms with Crippen LogP contribution in [-0.4, -0.2) is 23.4 Å². The molecule has 0 bridgehead atoms. The van der Waals surface area contributed by atoms with E-state index in [-0.39, 0.29) is 5.56 Å². The summed E-state index contributed by atoms with van der Waals surface area (Å²) in [5.41, 5.74) is 0.177. The molecule has 0 saturated heterocycles. The molecule has 0 aliphatic rings. The Morgan fingerprint density at radius 2 is 1.82 bits per heavy atom. The number of ether oxygens (including phenoxy) is 1. The van der Waals surface area contributed by atoms with E-state index >= 15 is 0 Å². The maximum absolute atomic E-state index is 12.3. The number of hydrogen-bond acceptors (Lipinski definition) is 2. The Morgan fingerprint density at radius 3 is 2.24 bits per heavy atom. The summed E-state index contributed by atoms with van der Waals surface area (Å²) < 4.78 is 41.3. The number of carboxylic acid groups (broad SMARTS) is 1. The van der Waals surface area contributed by atoms with E-state index in [0.29, 0.717) is 0 Å². The fourth-order valence-electron chi connectivity index (χ4n) is 1.19. The Morgan fingerprint density at radius 1 is 1.29 bits per heavy atom. The van der Waals surface area contributed by atoms with Gasteiger partial charge in [0.05, 0.1) is 0 Å². The molecule has 1 rings (SSSR count). The molecule has 2 unspecified atom stereocenters. The Bertz CT molecular complexity index is 375. The third-order valence-corrected chi connectivity index (χ3v) is 2.13. The highest BCUT2D eigenvalue weighted by atomic mass is 19.4. The van der Waals surface area contributed by atoms with E-state index in [4.69, 9.17) is 5.11 Å². The fourth-order valence-corrected chi connectivity index (χ4v) is 1.19. The van der Waals surface area contributed by atoms with Crippen LogP contribution >= 0.6 is 0 Å². The van der Waals surface area contributed by atoms with Gasteiger partial charge >= 0.3 is 12.1 Å². The largest absolute Gasteiger partial charge is 0.479 e. The van der Waals surface area contributed by atoms with E-state index in [1.165, 1.54) is 24.3 Å². The Labute approximate surface area is 95.8 Å². The highest BCUT2D eigenvalue weighted by molar-refractivity contribution is 5.74. The van der Waals surface area contributed by atoms with Crippen molar-refractivity contribution >= 4 is 5.97 Å². The second kappa shape index (κ2) is 5.18. The normalized spacial score (nSPS) is 15.3. The highest BCUT2D eigenvalue weighted by Gasteiger charge is 2.40. The first-order chi connectivity index (χ1) is 7.82. The van der Waals surface area contributed by atoms with Crippen LogP contribution in [0.25, 0.3) is 0 Å². The van der Waals surface area contributed by atoms with Crippen LogP contribution in [-0.2, 0) is 9.53 Å². The number of aliphatic carboxylic acids is 1. The van der Waals surface area contributed by atoms with E-state index in [1.807, 2.05) is 0 Å². The zero-order chi connectivity index (χ0) is 13.1. The average Bonchev–Trinajstić information content (AvgIpc) is 2.25. The summed E-state index contributed by atoms with van der Waals surface area (Å²) >= 11 is 0. The van der Waals surface area contributed by atoms with Gasteiger partial charge in [-0.2, -0.15) is 13.2 Å². The zero-order valence-corrected chi connectivity index (χ0v) is 8.94. The lowest BCUT2D eigenvalue weighted by atomic mass is 10.1. The molecule has 2 atom stereocenters. The number of rotatable bonds is 4. The predicted octanol–water partition coefficient (Wildman–Crippen LogP) is 2.78. The molecule has 0 amide bonds. The van der Waals surface area contributed by atoms with E-state index in [2.05, 4.69) is 4.74 Å². The van der Waals surface area contributed by atoms with Gasteiger partial charge in [-0.1, -0.05) is 30.3 Å². The van der Waals surface area contributed by atoms with Gasteiger partial charge in [0, 0.05) is 0 Å². The summed E-state index contributed by atoms with van der Waals surface area (Å²) in [6.45, 7) is 0.777. The molecule has 0 aliphatic heterocycles. The first-order valence-electron chi connectivity index (χ1n) is 4.82. The lowest BCUT2D eigenvalue weighted by Gasteiger charge is -2.21. The number of hydrogen-bond donors (Lipinski definition) is 1. The molecule has 0 radical (unpaired) electrons. The van der Waals surface area contributed by atoms with Crippen molar-refractivity contribution in [1.29, 1.82) is 0 Å². The molecule has 3 nitrogen and oxygen atoms in total. The van der Waals surface area contributed by atoms with Crippen LogP contribution < -0.4 is 0 Å². The van der Waals surface area contributed by atoms with Crippen molar-refractivity contribution in [1.82, 2.24) is 0 Å². The Balaban J connectivity index is 2.86. The molecule has 6 heteroatoms. The molecular formula is C11H11F3O3. The smallest absolute Gasteiger partial charge is 0.414 e. The molecule has 17 heavy (non-hydrogen) atoms. The summed E-state index contributed by atoms with van der Waals surface area (Å²) in [6, 6.07) is 7.51. The summed E-state index contributed by atoms with van der Waals surface area (Å²) in [6.07, 6.45) is -8.33. The SMILES string of the molecule is CC(OC(C(=O)O)c1ccccc1)C(F)(F)F. The number of benzene rings is 1. The number of alkyl halides is 3. The molecule has 1 N–H and O–H groups in total. The lowest BCUT2D eigenvalue weighted by Crippen LogP contribution is -2.32. The topological polar surface area (TPSA) is 46.5 Å². The van der Waals surface area contributed by atoms with Crippen LogP contribution in [0.4, 0.5) is 13.2 Å². The fraction of sp³-hybridized carbons (Fsp3) is 0.364. The first-order valence-corrected chi connectivity index (χ1v) is 4.82. The highest BCUT2D eigenvalue weighted by Crippen LogP contribution is 2.28. The van der Waals surface area contributed by atoms with E-state index in [9.17, 15) is 18.0 Å². The van der Waals surface area contributed by atoms with Gasteiger partial charge in [-0.25, -0.2) is 4.79 Å². The third kappa shape index (κ3) is 3.74. The zero-order valence-electron chi connectivity index (χ0n) is 8.94. The van der Waals surface area contributed by atoms with Gasteiger partial charge in [-0.05, 0) is 12.5 Å². The Kier molecular flexibility index (Phi) is 4.11. The average molecular weight is 248 g/mol. The van der Waals surface area contributed by atoms with Gasteiger partial charge in [-0.15, -0.1) is 0 Å². The molecule has 1 aromatic carbocycles. The molecule has 0 aromatic heterocycles. The molecule has 0 fully saturated rings. The number of carbonyl (C=O) groups is 1. The summed E-state index contributed by atoms with van der Waals surface area (Å²) in [7, 11) is 0. The second-order valence-corrected chi connectivity index (χ2v) is 3.45. The van der Waals surface area contributed by atoms with E-state index < -0.39 is 24.4 Å². The summed E-state index contributed by atoms with van der Waals surface area (Å²) in [4.78, 5) is 10.9. The van der Waals surface area contributed by atoms with Gasteiger partial charge in [-0.3, -0.25) is 0 Å². The first kappa shape index (κ1) is 13.5. The van der Waals surface area contributed by atoms with Crippen LogP contribution in [0.2, 0.25) is 0 Å². The van der Waals surface area contributed by atoms with Gasteiger partial charge in [0.25, 0.3) is 0 Å². The number of carboxylic acids is 1. The van der Waals surface area contributed by atoms with Crippen LogP contribution in [0.15, 0.2) is 30.3 Å². The van der Waals surface area contributed by atoms with Gasteiger partial charge in [0.1, 0.15) is 0 Å². The molecule has 0 saturated carbocycles. The third-order valence-electron chi connectivity index (χ3n) is 2.13. The van der Waals surface area contributed by atoms with Gasteiger partial charge in [0.15, 0.2) is 12.2 Å². The van der Waals surface area contributed by atoms with E-state index in [0.717, 1.165) is 6.92 Å². The van der Waals surface area contributed by atoms with Crippen LogP contribution in [0.3, 0.4) is 0 Å². The van der Waals surface area contributed by atoms with Gasteiger partial charge < -0.3 is 9.84 Å². The quantitative estimate of drug-likeness (QED) is 0.891. The molecule has 94 valence electrons. The standard InChI is InChI=1S/C11H11F3O3/c1-7(11(12,13)14)17-9(10(15)16)8-5-3-2-4-6-8/h2-7,9H,1H3,(H,15,16).